The first-order valence-corrected chi connectivity index (χ1v) is 10.0. The number of oxazole rings is 1. The Labute approximate surface area is 183 Å². The minimum absolute atomic E-state index is 0.0317. The Kier molecular flexibility index (Phi) is 4.91. The van der Waals surface area contributed by atoms with Crippen molar-refractivity contribution in [1.29, 1.82) is 0 Å². The first-order valence-electron chi connectivity index (χ1n) is 10.0. The molecule has 0 atom stereocenters. The molecule has 0 bridgehead atoms. The number of cyclic esters (lactones) is 1. The number of aryl methyl sites for hydroxylation is 1. The number of furan rings is 1. The van der Waals surface area contributed by atoms with Gasteiger partial charge in [0.2, 0.25) is 5.89 Å². The van der Waals surface area contributed by atoms with Gasteiger partial charge in [0, 0.05) is 10.9 Å². The highest BCUT2D eigenvalue weighted by molar-refractivity contribution is 6.07. The zero-order valence-corrected chi connectivity index (χ0v) is 17.1. The molecule has 5 rings (SSSR count). The largest absolute Gasteiger partial charge is 0.461 e. The Morgan fingerprint density at radius 2 is 1.88 bits per heavy atom. The predicted octanol–water partition coefficient (Wildman–Crippen LogP) is 5.15. The number of ether oxygens (including phenoxy) is 1. The number of carbonyl (C=O) groups is 2. The average molecular weight is 426 g/mol. The summed E-state index contributed by atoms with van der Waals surface area (Å²) in [7, 11) is 0. The molecular weight excluding hydrogens is 408 g/mol. The number of fused-ring (bicyclic) bond motifs is 1. The van der Waals surface area contributed by atoms with Gasteiger partial charge in [-0.3, -0.25) is 10.1 Å². The van der Waals surface area contributed by atoms with E-state index in [0.29, 0.717) is 12.3 Å². The molecule has 1 fully saturated rings. The maximum Gasteiger partial charge on any atom is 0.419 e. The number of hydrogen-bond donors (Lipinski definition) is 1. The summed E-state index contributed by atoms with van der Waals surface area (Å²) in [6.45, 7) is 1.90. The molecule has 3 heterocycles. The van der Waals surface area contributed by atoms with Crippen LogP contribution >= 0.6 is 0 Å². The van der Waals surface area contributed by atoms with E-state index in [1.807, 2.05) is 67.6 Å². The summed E-state index contributed by atoms with van der Waals surface area (Å²) in [4.78, 5) is 27.1. The van der Waals surface area contributed by atoms with Crippen LogP contribution in [0.1, 0.15) is 22.8 Å². The number of rotatable bonds is 5. The lowest BCUT2D eigenvalue weighted by atomic mass is 10.1. The second-order valence-electron chi connectivity index (χ2n) is 7.31. The monoisotopic (exact) mass is 426 g/mol. The van der Waals surface area contributed by atoms with E-state index in [4.69, 9.17) is 13.6 Å². The molecule has 2 aromatic heterocycles. The molecular formula is C25H18N2O5. The molecule has 0 unspecified atom stereocenters. The van der Waals surface area contributed by atoms with Crippen molar-refractivity contribution < 1.29 is 23.2 Å². The molecule has 1 aliphatic heterocycles. The molecule has 7 heteroatoms. The number of carbonyl (C=O) groups excluding carboxylic acids is 2. The minimum atomic E-state index is -0.764. The van der Waals surface area contributed by atoms with Crippen LogP contribution in [0.15, 0.2) is 81.3 Å². The second kappa shape index (κ2) is 8.03. The Hall–Kier alpha value is -4.39. The molecule has 1 N–H and O–H groups in total. The lowest BCUT2D eigenvalue weighted by Gasteiger charge is -1.93. The molecule has 4 aromatic rings. The third-order valence-corrected chi connectivity index (χ3v) is 5.02. The quantitative estimate of drug-likeness (QED) is 0.444. The van der Waals surface area contributed by atoms with E-state index in [0.717, 1.165) is 39.3 Å². The summed E-state index contributed by atoms with van der Waals surface area (Å²) in [5.41, 5.74) is 3.45. The molecule has 0 aliphatic carbocycles. The van der Waals surface area contributed by atoms with Gasteiger partial charge >= 0.3 is 6.09 Å². The summed E-state index contributed by atoms with van der Waals surface area (Å²) in [6, 6.07) is 17.5. The van der Waals surface area contributed by atoms with Crippen molar-refractivity contribution in [3.63, 3.8) is 0 Å². The normalized spacial score (nSPS) is 15.1. The van der Waals surface area contributed by atoms with Gasteiger partial charge in [-0.2, -0.15) is 0 Å². The molecule has 2 aromatic carbocycles. The fourth-order valence-corrected chi connectivity index (χ4v) is 3.45. The molecule has 1 aliphatic rings. The molecule has 0 spiro atoms. The van der Waals surface area contributed by atoms with E-state index in [-0.39, 0.29) is 5.76 Å². The highest BCUT2D eigenvalue weighted by Crippen LogP contribution is 2.26. The van der Waals surface area contributed by atoms with E-state index in [2.05, 4.69) is 10.3 Å². The van der Waals surface area contributed by atoms with Gasteiger partial charge in [-0.05, 0) is 48.9 Å². The van der Waals surface area contributed by atoms with Crippen LogP contribution in [-0.4, -0.2) is 17.0 Å². The van der Waals surface area contributed by atoms with Gasteiger partial charge in [0.1, 0.15) is 17.1 Å². The summed E-state index contributed by atoms with van der Waals surface area (Å²) in [5.74, 6) is 1.56. The van der Waals surface area contributed by atoms with Crippen molar-refractivity contribution in [3.8, 4) is 11.5 Å². The van der Waals surface area contributed by atoms with Crippen LogP contribution in [0.2, 0.25) is 0 Å². The third-order valence-electron chi connectivity index (χ3n) is 5.02. The zero-order valence-electron chi connectivity index (χ0n) is 17.1. The van der Waals surface area contributed by atoms with Gasteiger partial charge in [0.15, 0.2) is 5.76 Å². The maximum atomic E-state index is 11.5. The second-order valence-corrected chi connectivity index (χ2v) is 7.31. The predicted molar refractivity (Wildman–Crippen MR) is 117 cm³/mol. The summed E-state index contributed by atoms with van der Waals surface area (Å²) < 4.78 is 16.6. The van der Waals surface area contributed by atoms with Crippen LogP contribution in [0.4, 0.5) is 4.79 Å². The van der Waals surface area contributed by atoms with Crippen LogP contribution in [-0.2, 0) is 16.0 Å². The maximum absolute atomic E-state index is 11.5. The lowest BCUT2D eigenvalue weighted by Crippen LogP contribution is -2.18. The fraction of sp³-hybridized carbons (Fsp3) is 0.0800. The van der Waals surface area contributed by atoms with E-state index in [1.165, 1.54) is 6.08 Å². The highest BCUT2D eigenvalue weighted by atomic mass is 16.6. The lowest BCUT2D eigenvalue weighted by molar-refractivity contribution is -0.116. The van der Waals surface area contributed by atoms with Crippen LogP contribution in [0.5, 0.6) is 0 Å². The first kappa shape index (κ1) is 19.6. The molecule has 158 valence electrons. The zero-order chi connectivity index (χ0) is 22.1. The molecule has 0 saturated carbocycles. The van der Waals surface area contributed by atoms with E-state index >= 15 is 0 Å². The van der Waals surface area contributed by atoms with Crippen molar-refractivity contribution in [2.24, 2.45) is 0 Å². The average Bonchev–Trinajstić information content (AvgIpc) is 3.45. The van der Waals surface area contributed by atoms with Gasteiger partial charge in [-0.25, -0.2) is 9.78 Å². The fourth-order valence-electron chi connectivity index (χ4n) is 3.45. The number of alkyl carbamates (subject to hydrolysis) is 1. The highest BCUT2D eigenvalue weighted by Gasteiger charge is 2.25. The number of nitrogens with zero attached hydrogens (tertiary/aromatic N) is 1. The van der Waals surface area contributed by atoms with Crippen LogP contribution in [0.25, 0.3) is 28.5 Å². The van der Waals surface area contributed by atoms with Crippen molar-refractivity contribution in [2.45, 2.75) is 13.3 Å². The van der Waals surface area contributed by atoms with Crippen LogP contribution < -0.4 is 5.32 Å². The van der Waals surface area contributed by atoms with Crippen molar-refractivity contribution >= 4 is 29.0 Å². The molecule has 32 heavy (non-hydrogen) atoms. The smallest absolute Gasteiger partial charge is 0.419 e. The summed E-state index contributed by atoms with van der Waals surface area (Å²) >= 11 is 0. The SMILES string of the molecule is Cc1oc(-c2ccccc2)nc1Cc1cc2cc(C=CC=C3OC(=O)NC3=O)ccc2o1. The van der Waals surface area contributed by atoms with Crippen molar-refractivity contribution in [2.75, 3.05) is 0 Å². The van der Waals surface area contributed by atoms with Gasteiger partial charge in [0.05, 0.1) is 12.1 Å². The minimum Gasteiger partial charge on any atom is -0.461 e. The van der Waals surface area contributed by atoms with Crippen LogP contribution in [0.3, 0.4) is 0 Å². The van der Waals surface area contributed by atoms with Gasteiger partial charge < -0.3 is 13.6 Å². The Morgan fingerprint density at radius 3 is 2.66 bits per heavy atom. The number of amides is 2. The summed E-state index contributed by atoms with van der Waals surface area (Å²) in [5, 5.41) is 3.00. The number of aromatic nitrogens is 1. The Balaban J connectivity index is 1.34. The number of imide groups is 1. The number of allylic oxidation sites excluding steroid dienone is 2. The standard InChI is InChI=1S/C25H18N2O5/c1-15-20(26-24(30-15)17-7-3-2-4-8-17)14-19-13-18-12-16(10-11-21(18)31-19)6-5-9-22-23(28)27-25(29)32-22/h2-13H,14H2,1H3,(H,27,28,29). The molecule has 1 saturated heterocycles. The van der Waals surface area contributed by atoms with E-state index < -0.39 is 12.0 Å². The Bertz CT molecular complexity index is 1390. The van der Waals surface area contributed by atoms with Crippen LogP contribution in [0, 0.1) is 6.92 Å². The number of hydrogen-bond acceptors (Lipinski definition) is 6. The van der Waals surface area contributed by atoms with E-state index in [9.17, 15) is 9.59 Å². The van der Waals surface area contributed by atoms with Gasteiger partial charge in [0.25, 0.3) is 5.91 Å². The van der Waals surface area contributed by atoms with Crippen molar-refractivity contribution in [3.05, 3.63) is 95.3 Å². The molecule has 7 nitrogen and oxygen atoms in total. The molecule has 2 amide bonds. The van der Waals surface area contributed by atoms with Gasteiger partial charge in [-0.1, -0.05) is 36.4 Å². The molecule has 0 radical (unpaired) electrons. The van der Waals surface area contributed by atoms with Crippen molar-refractivity contribution in [1.82, 2.24) is 10.3 Å². The first-order chi connectivity index (χ1) is 15.5. The number of nitrogens with one attached hydrogen (secondary N) is 1. The topological polar surface area (TPSA) is 94.6 Å². The Morgan fingerprint density at radius 1 is 1.03 bits per heavy atom. The van der Waals surface area contributed by atoms with Gasteiger partial charge in [-0.15, -0.1) is 0 Å². The summed E-state index contributed by atoms with van der Waals surface area (Å²) in [6.07, 6.45) is 4.67. The third kappa shape index (κ3) is 3.96. The van der Waals surface area contributed by atoms with E-state index in [1.54, 1.807) is 6.08 Å². The number of benzene rings is 2.